The van der Waals surface area contributed by atoms with Gasteiger partial charge in [0.1, 0.15) is 0 Å². The summed E-state index contributed by atoms with van der Waals surface area (Å²) in [5, 5.41) is 23.0. The first-order chi connectivity index (χ1) is 7.75. The third-order valence-electron chi connectivity index (χ3n) is 3.18. The molecule has 16 heavy (non-hydrogen) atoms. The number of H-pyrrole nitrogens is 2. The Labute approximate surface area is 89.5 Å². The lowest BCUT2D eigenvalue weighted by Crippen LogP contribution is -1.73. The second-order valence-corrected chi connectivity index (χ2v) is 4.02. The van der Waals surface area contributed by atoms with Gasteiger partial charge in [-0.25, -0.2) is 0 Å². The van der Waals surface area contributed by atoms with E-state index in [1.165, 1.54) is 0 Å². The van der Waals surface area contributed by atoms with Gasteiger partial charge in [-0.2, -0.15) is 0 Å². The first-order valence-electron chi connectivity index (χ1n) is 5.02. The average molecular weight is 212 g/mol. The van der Waals surface area contributed by atoms with Gasteiger partial charge in [-0.15, -0.1) is 0 Å². The first-order valence-corrected chi connectivity index (χ1v) is 5.02. The van der Waals surface area contributed by atoms with E-state index in [4.69, 9.17) is 0 Å². The molecule has 2 aromatic carbocycles. The molecule has 0 aliphatic carbocycles. The molecule has 4 N–H and O–H groups in total. The van der Waals surface area contributed by atoms with Crippen molar-refractivity contribution < 1.29 is 10.2 Å². The molecule has 0 saturated carbocycles. The molecule has 0 aliphatic heterocycles. The Morgan fingerprint density at radius 3 is 1.56 bits per heavy atom. The van der Waals surface area contributed by atoms with Crippen LogP contribution in [0.2, 0.25) is 0 Å². The molecule has 2 heterocycles. The Bertz CT molecular complexity index is 756. The van der Waals surface area contributed by atoms with Gasteiger partial charge in [0.15, 0.2) is 11.8 Å². The van der Waals surface area contributed by atoms with Crippen LogP contribution < -0.4 is 0 Å². The fourth-order valence-electron chi connectivity index (χ4n) is 2.49. The van der Waals surface area contributed by atoms with Crippen LogP contribution in [-0.2, 0) is 0 Å². The molecule has 78 valence electrons. The van der Waals surface area contributed by atoms with E-state index in [1.54, 1.807) is 0 Å². The Morgan fingerprint density at radius 2 is 1.12 bits per heavy atom. The third-order valence-corrected chi connectivity index (χ3v) is 3.18. The van der Waals surface area contributed by atoms with Crippen LogP contribution in [-0.4, -0.2) is 20.2 Å². The number of nitrogens with one attached hydrogen (secondary N) is 2. The molecule has 0 radical (unpaired) electrons. The molecule has 4 heteroatoms. The van der Waals surface area contributed by atoms with Crippen molar-refractivity contribution in [1.29, 1.82) is 0 Å². The SMILES string of the molecule is Oc1[nH]c2ccc3[nH]c(O)c4ccc1c2c34. The van der Waals surface area contributed by atoms with Crippen LogP contribution in [0.5, 0.6) is 11.8 Å². The number of hydrogen-bond donors (Lipinski definition) is 4. The van der Waals surface area contributed by atoms with Crippen molar-refractivity contribution in [1.82, 2.24) is 9.97 Å². The zero-order valence-corrected chi connectivity index (χ0v) is 8.20. The fraction of sp³-hybridized carbons (Fsp3) is 0. The summed E-state index contributed by atoms with van der Waals surface area (Å²) in [6.45, 7) is 0. The van der Waals surface area contributed by atoms with Gasteiger partial charge in [-0.05, 0) is 24.3 Å². The molecule has 4 aromatic rings. The van der Waals surface area contributed by atoms with E-state index in [-0.39, 0.29) is 11.8 Å². The summed E-state index contributed by atoms with van der Waals surface area (Å²) in [6, 6.07) is 7.40. The zero-order chi connectivity index (χ0) is 10.9. The maximum Gasteiger partial charge on any atom is 0.196 e. The zero-order valence-electron chi connectivity index (χ0n) is 8.20. The highest BCUT2D eigenvalue weighted by atomic mass is 16.3. The van der Waals surface area contributed by atoms with Crippen molar-refractivity contribution in [3.05, 3.63) is 24.3 Å². The van der Waals surface area contributed by atoms with Crippen molar-refractivity contribution in [3.8, 4) is 11.8 Å². The second kappa shape index (κ2) is 2.24. The van der Waals surface area contributed by atoms with Gasteiger partial charge in [0, 0.05) is 32.6 Å². The molecule has 4 rings (SSSR count). The van der Waals surface area contributed by atoms with E-state index in [2.05, 4.69) is 9.97 Å². The van der Waals surface area contributed by atoms with Crippen LogP contribution in [0.1, 0.15) is 0 Å². The number of aromatic nitrogens is 2. The van der Waals surface area contributed by atoms with Crippen molar-refractivity contribution >= 4 is 32.6 Å². The molecular weight excluding hydrogens is 204 g/mol. The van der Waals surface area contributed by atoms with Crippen molar-refractivity contribution in [3.63, 3.8) is 0 Å². The predicted octanol–water partition coefficient (Wildman–Crippen LogP) is 2.65. The minimum atomic E-state index is 0.171. The van der Waals surface area contributed by atoms with Gasteiger partial charge in [-0.3, -0.25) is 0 Å². The van der Waals surface area contributed by atoms with Gasteiger partial charge in [0.25, 0.3) is 0 Å². The topological polar surface area (TPSA) is 72.0 Å². The highest BCUT2D eigenvalue weighted by Crippen LogP contribution is 2.41. The number of hydrogen-bond acceptors (Lipinski definition) is 2. The number of aromatic hydroxyl groups is 2. The smallest absolute Gasteiger partial charge is 0.196 e. The fourth-order valence-corrected chi connectivity index (χ4v) is 2.49. The van der Waals surface area contributed by atoms with Crippen LogP contribution in [0.4, 0.5) is 0 Å². The Balaban J connectivity index is 2.51. The van der Waals surface area contributed by atoms with Gasteiger partial charge >= 0.3 is 0 Å². The van der Waals surface area contributed by atoms with Crippen molar-refractivity contribution in [2.45, 2.75) is 0 Å². The summed E-state index contributed by atoms with van der Waals surface area (Å²) in [5.74, 6) is 0.343. The molecule has 0 aliphatic rings. The summed E-state index contributed by atoms with van der Waals surface area (Å²) in [7, 11) is 0. The van der Waals surface area contributed by atoms with Crippen LogP contribution in [0, 0.1) is 0 Å². The molecule has 0 atom stereocenters. The quantitative estimate of drug-likeness (QED) is 0.362. The highest BCUT2D eigenvalue weighted by molar-refractivity contribution is 6.24. The van der Waals surface area contributed by atoms with E-state index >= 15 is 0 Å². The van der Waals surface area contributed by atoms with E-state index < -0.39 is 0 Å². The first kappa shape index (κ1) is 7.87. The number of benzene rings is 2. The lowest BCUT2D eigenvalue weighted by molar-refractivity contribution is 0.463. The van der Waals surface area contributed by atoms with Crippen LogP contribution in [0.3, 0.4) is 0 Å². The summed E-state index contributed by atoms with van der Waals surface area (Å²) in [5.41, 5.74) is 1.76. The Kier molecular flexibility index (Phi) is 1.10. The van der Waals surface area contributed by atoms with Crippen LogP contribution >= 0.6 is 0 Å². The normalized spacial score (nSPS) is 12.2. The van der Waals surface area contributed by atoms with Crippen LogP contribution in [0.15, 0.2) is 24.3 Å². The summed E-state index contributed by atoms with van der Waals surface area (Å²) >= 11 is 0. The number of rotatable bonds is 0. The van der Waals surface area contributed by atoms with E-state index in [1.807, 2.05) is 24.3 Å². The molecule has 0 amide bonds. The molecule has 2 aromatic heterocycles. The summed E-state index contributed by atoms with van der Waals surface area (Å²) < 4.78 is 0. The largest absolute Gasteiger partial charge is 0.494 e. The molecule has 4 nitrogen and oxygen atoms in total. The molecule has 0 unspecified atom stereocenters. The van der Waals surface area contributed by atoms with Crippen molar-refractivity contribution in [2.24, 2.45) is 0 Å². The van der Waals surface area contributed by atoms with E-state index in [0.717, 1.165) is 32.6 Å². The van der Waals surface area contributed by atoms with Crippen LogP contribution in [0.25, 0.3) is 32.6 Å². The Hall–Kier alpha value is -2.36. The molecule has 0 saturated heterocycles. The lowest BCUT2D eigenvalue weighted by atomic mass is 10.0. The van der Waals surface area contributed by atoms with Gasteiger partial charge in [0.05, 0.1) is 0 Å². The average Bonchev–Trinajstić information content (AvgIpc) is 2.76. The Morgan fingerprint density at radius 1 is 0.688 bits per heavy atom. The molecule has 0 spiro atoms. The maximum atomic E-state index is 9.75. The second-order valence-electron chi connectivity index (χ2n) is 4.02. The highest BCUT2D eigenvalue weighted by Gasteiger charge is 2.16. The van der Waals surface area contributed by atoms with Gasteiger partial charge in [0.2, 0.25) is 0 Å². The molecule has 0 bridgehead atoms. The van der Waals surface area contributed by atoms with Gasteiger partial charge < -0.3 is 20.2 Å². The molecular formula is C12H8N2O2. The molecule has 0 fully saturated rings. The van der Waals surface area contributed by atoms with Crippen molar-refractivity contribution in [2.75, 3.05) is 0 Å². The minimum Gasteiger partial charge on any atom is -0.494 e. The number of aromatic amines is 2. The lowest BCUT2D eigenvalue weighted by Gasteiger charge is -1.97. The third kappa shape index (κ3) is 0.692. The summed E-state index contributed by atoms with van der Waals surface area (Å²) in [4.78, 5) is 5.84. The van der Waals surface area contributed by atoms with E-state index in [9.17, 15) is 10.2 Å². The maximum absolute atomic E-state index is 9.75. The predicted molar refractivity (Wildman–Crippen MR) is 62.2 cm³/mol. The minimum absolute atomic E-state index is 0.171. The van der Waals surface area contributed by atoms with E-state index in [0.29, 0.717) is 0 Å². The van der Waals surface area contributed by atoms with Gasteiger partial charge in [-0.1, -0.05) is 0 Å². The standard InChI is InChI=1S/C12H8N2O2/c15-11-5-1-2-6-10-8(14-12(6)16)4-3-7(13-11)9(5)10/h1-4,13-16H. The monoisotopic (exact) mass is 212 g/mol. The summed E-state index contributed by atoms with van der Waals surface area (Å²) in [6.07, 6.45) is 0.